The van der Waals surface area contributed by atoms with Crippen LogP contribution in [0, 0.1) is 0 Å². The molecule has 2 nitrogen and oxygen atoms in total. The van der Waals surface area contributed by atoms with E-state index in [4.69, 9.17) is 12.2 Å². The second-order valence-corrected chi connectivity index (χ2v) is 5.70. The maximum Gasteiger partial charge on any atom is 0.173 e. The van der Waals surface area contributed by atoms with E-state index < -0.39 is 0 Å². The van der Waals surface area contributed by atoms with Gasteiger partial charge < -0.3 is 10.2 Å². The minimum atomic E-state index is 0.596. The molecular weight excluding hydrogens is 240 g/mol. The Kier molecular flexibility index (Phi) is 3.50. The zero-order chi connectivity index (χ0) is 12.4. The summed E-state index contributed by atoms with van der Waals surface area (Å²) in [6.07, 6.45) is 7.74. The van der Waals surface area contributed by atoms with Crippen molar-refractivity contribution in [2.45, 2.75) is 44.6 Å². The van der Waals surface area contributed by atoms with Gasteiger partial charge in [0.2, 0.25) is 0 Å². The number of rotatable bonds is 1. The average Bonchev–Trinajstić information content (AvgIpc) is 2.84. The molecule has 3 heteroatoms. The van der Waals surface area contributed by atoms with Gasteiger partial charge in [-0.3, -0.25) is 0 Å². The highest BCUT2D eigenvalue weighted by Gasteiger charge is 2.23. The van der Waals surface area contributed by atoms with Gasteiger partial charge in [-0.2, -0.15) is 0 Å². The van der Waals surface area contributed by atoms with Gasteiger partial charge in [0.25, 0.3) is 0 Å². The van der Waals surface area contributed by atoms with Gasteiger partial charge in [-0.05, 0) is 43.1 Å². The molecular formula is C15H20N2S. The number of para-hydroxylation sites is 1. The van der Waals surface area contributed by atoms with Gasteiger partial charge in [0, 0.05) is 18.3 Å². The number of nitrogens with one attached hydrogen (secondary N) is 1. The van der Waals surface area contributed by atoms with Crippen molar-refractivity contribution in [3.8, 4) is 0 Å². The quantitative estimate of drug-likeness (QED) is 0.780. The lowest BCUT2D eigenvalue weighted by Crippen LogP contribution is -2.44. The van der Waals surface area contributed by atoms with E-state index >= 15 is 0 Å². The van der Waals surface area contributed by atoms with Crippen molar-refractivity contribution in [2.75, 3.05) is 11.4 Å². The molecule has 1 heterocycles. The molecule has 1 aromatic carbocycles. The maximum absolute atomic E-state index is 5.59. The van der Waals surface area contributed by atoms with E-state index in [1.807, 2.05) is 0 Å². The van der Waals surface area contributed by atoms with Gasteiger partial charge >= 0.3 is 0 Å². The predicted molar refractivity (Wildman–Crippen MR) is 80.1 cm³/mol. The van der Waals surface area contributed by atoms with Crippen LogP contribution in [-0.2, 0) is 6.42 Å². The Morgan fingerprint density at radius 2 is 1.94 bits per heavy atom. The van der Waals surface area contributed by atoms with Crippen LogP contribution in [0.3, 0.4) is 0 Å². The highest BCUT2D eigenvalue weighted by atomic mass is 32.1. The van der Waals surface area contributed by atoms with E-state index in [0.717, 1.165) is 18.1 Å². The highest BCUT2D eigenvalue weighted by Crippen LogP contribution is 2.28. The third kappa shape index (κ3) is 2.37. The van der Waals surface area contributed by atoms with Crippen LogP contribution in [0.1, 0.15) is 37.7 Å². The number of nitrogens with zero attached hydrogens (tertiary/aromatic N) is 1. The molecule has 0 saturated heterocycles. The second kappa shape index (κ2) is 5.27. The summed E-state index contributed by atoms with van der Waals surface area (Å²) in [6.45, 7) is 1.03. The Morgan fingerprint density at radius 3 is 2.78 bits per heavy atom. The van der Waals surface area contributed by atoms with Crippen molar-refractivity contribution in [3.63, 3.8) is 0 Å². The molecule has 1 aliphatic heterocycles. The van der Waals surface area contributed by atoms with E-state index in [2.05, 4.69) is 34.5 Å². The van der Waals surface area contributed by atoms with Crippen LogP contribution in [0.25, 0.3) is 0 Å². The first-order valence-corrected chi connectivity index (χ1v) is 7.41. The molecule has 1 aromatic rings. The lowest BCUT2D eigenvalue weighted by atomic mass is 9.96. The van der Waals surface area contributed by atoms with Crippen molar-refractivity contribution in [1.29, 1.82) is 0 Å². The van der Waals surface area contributed by atoms with Crippen molar-refractivity contribution in [1.82, 2.24) is 5.32 Å². The minimum Gasteiger partial charge on any atom is -0.360 e. The molecule has 0 amide bonds. The van der Waals surface area contributed by atoms with Gasteiger partial charge in [0.15, 0.2) is 5.11 Å². The molecule has 0 unspecified atom stereocenters. The van der Waals surface area contributed by atoms with Gasteiger partial charge in [0.1, 0.15) is 0 Å². The third-order valence-corrected chi connectivity index (χ3v) is 4.40. The standard InChI is InChI=1S/C15H20N2S/c18-15(16-13-7-2-1-3-8-13)17-11-10-12-6-4-5-9-14(12)17/h4-6,9,13H,1-3,7-8,10-11H2,(H,16,18). The summed E-state index contributed by atoms with van der Waals surface area (Å²) in [6, 6.07) is 9.19. The van der Waals surface area contributed by atoms with Crippen LogP contribution in [0.15, 0.2) is 24.3 Å². The first-order valence-electron chi connectivity index (χ1n) is 7.00. The van der Waals surface area contributed by atoms with Crippen LogP contribution in [0.2, 0.25) is 0 Å². The first kappa shape index (κ1) is 12.0. The highest BCUT2D eigenvalue weighted by molar-refractivity contribution is 7.80. The fourth-order valence-electron chi connectivity index (χ4n) is 3.05. The fourth-order valence-corrected chi connectivity index (χ4v) is 3.40. The topological polar surface area (TPSA) is 15.3 Å². The zero-order valence-electron chi connectivity index (χ0n) is 10.7. The molecule has 0 radical (unpaired) electrons. The number of hydrogen-bond acceptors (Lipinski definition) is 1. The van der Waals surface area contributed by atoms with Crippen LogP contribution < -0.4 is 10.2 Å². The lowest BCUT2D eigenvalue weighted by Gasteiger charge is -2.28. The SMILES string of the molecule is S=C(NC1CCCCC1)N1CCc2ccccc21. The minimum absolute atomic E-state index is 0.596. The number of benzene rings is 1. The number of thiocarbonyl (C=S) groups is 1. The summed E-state index contributed by atoms with van der Waals surface area (Å²) >= 11 is 5.59. The Labute approximate surface area is 114 Å². The normalized spacial score (nSPS) is 19.7. The third-order valence-electron chi connectivity index (χ3n) is 4.07. The van der Waals surface area contributed by atoms with Crippen LogP contribution in [0.5, 0.6) is 0 Å². The Hall–Kier alpha value is -1.09. The molecule has 96 valence electrons. The molecule has 1 aliphatic carbocycles. The average molecular weight is 260 g/mol. The Bertz CT molecular complexity index is 438. The lowest BCUT2D eigenvalue weighted by molar-refractivity contribution is 0.413. The van der Waals surface area contributed by atoms with E-state index in [1.54, 1.807) is 0 Å². The summed E-state index contributed by atoms with van der Waals surface area (Å²) in [4.78, 5) is 2.26. The number of hydrogen-bond donors (Lipinski definition) is 1. The van der Waals surface area contributed by atoms with E-state index in [0.29, 0.717) is 6.04 Å². The molecule has 2 aliphatic rings. The predicted octanol–water partition coefficient (Wildman–Crippen LogP) is 3.26. The molecule has 1 saturated carbocycles. The number of anilines is 1. The van der Waals surface area contributed by atoms with E-state index in [1.165, 1.54) is 43.4 Å². The monoisotopic (exact) mass is 260 g/mol. The van der Waals surface area contributed by atoms with Gasteiger partial charge in [-0.1, -0.05) is 37.5 Å². The van der Waals surface area contributed by atoms with Gasteiger partial charge in [-0.25, -0.2) is 0 Å². The second-order valence-electron chi connectivity index (χ2n) is 5.31. The molecule has 0 atom stereocenters. The molecule has 1 N–H and O–H groups in total. The van der Waals surface area contributed by atoms with Crippen LogP contribution in [0.4, 0.5) is 5.69 Å². The molecule has 3 rings (SSSR count). The fraction of sp³-hybridized carbons (Fsp3) is 0.533. The van der Waals surface area contributed by atoms with Crippen molar-refractivity contribution < 1.29 is 0 Å². The van der Waals surface area contributed by atoms with Crippen molar-refractivity contribution in [3.05, 3.63) is 29.8 Å². The zero-order valence-corrected chi connectivity index (χ0v) is 11.5. The summed E-state index contributed by atoms with van der Waals surface area (Å²) in [5, 5.41) is 4.48. The van der Waals surface area contributed by atoms with Crippen LogP contribution >= 0.6 is 12.2 Å². The molecule has 0 aromatic heterocycles. The summed E-state index contributed by atoms with van der Waals surface area (Å²) < 4.78 is 0. The maximum atomic E-state index is 5.59. The molecule has 1 fully saturated rings. The van der Waals surface area contributed by atoms with E-state index in [9.17, 15) is 0 Å². The van der Waals surface area contributed by atoms with E-state index in [-0.39, 0.29) is 0 Å². The van der Waals surface area contributed by atoms with Crippen molar-refractivity contribution >= 4 is 23.0 Å². The molecule has 18 heavy (non-hydrogen) atoms. The number of fused-ring (bicyclic) bond motifs is 1. The molecule has 0 bridgehead atoms. The Balaban J connectivity index is 1.67. The van der Waals surface area contributed by atoms with Crippen molar-refractivity contribution in [2.24, 2.45) is 0 Å². The van der Waals surface area contributed by atoms with Crippen LogP contribution in [-0.4, -0.2) is 17.7 Å². The summed E-state index contributed by atoms with van der Waals surface area (Å²) in [5.41, 5.74) is 2.72. The van der Waals surface area contributed by atoms with Gasteiger partial charge in [0.05, 0.1) is 0 Å². The first-order chi connectivity index (χ1) is 8.84. The van der Waals surface area contributed by atoms with Gasteiger partial charge in [-0.15, -0.1) is 0 Å². The summed E-state index contributed by atoms with van der Waals surface area (Å²) in [7, 11) is 0. The summed E-state index contributed by atoms with van der Waals surface area (Å²) in [5.74, 6) is 0. The molecule has 0 spiro atoms. The largest absolute Gasteiger partial charge is 0.360 e. The Morgan fingerprint density at radius 1 is 1.17 bits per heavy atom. The smallest absolute Gasteiger partial charge is 0.173 e.